The minimum atomic E-state index is -0.551. The maximum absolute atomic E-state index is 11.4. The largest absolute Gasteiger partial charge is 0.320 e. The van der Waals surface area contributed by atoms with Gasteiger partial charge in [0.25, 0.3) is 5.91 Å². The monoisotopic (exact) mass is 418 g/mol. The van der Waals surface area contributed by atoms with Crippen molar-refractivity contribution in [3.05, 3.63) is 60.2 Å². The fraction of sp³-hybridized carbons (Fsp3) is 0.360. The Morgan fingerprint density at radius 3 is 2.90 bits per heavy atom. The Hall–Kier alpha value is -2.96. The lowest BCUT2D eigenvalue weighted by Gasteiger charge is -2.35. The zero-order valence-electron chi connectivity index (χ0n) is 18.2. The van der Waals surface area contributed by atoms with Crippen LogP contribution in [0.4, 0.5) is 0 Å². The average Bonchev–Trinajstić information content (AvgIpc) is 3.17. The van der Waals surface area contributed by atoms with Crippen LogP contribution in [0.2, 0.25) is 0 Å². The zero-order valence-corrected chi connectivity index (χ0v) is 18.2. The van der Waals surface area contributed by atoms with Gasteiger partial charge in [-0.1, -0.05) is 44.2 Å². The molecule has 1 aromatic heterocycles. The molecule has 1 aliphatic heterocycles. The molecule has 1 unspecified atom stereocenters. The number of fused-ring (bicyclic) bond motifs is 1. The maximum Gasteiger partial charge on any atom is 0.267 e. The maximum atomic E-state index is 11.4. The number of carbonyl (C=O) groups excluding carboxylic acids is 1. The smallest absolute Gasteiger partial charge is 0.267 e. The van der Waals surface area contributed by atoms with Gasteiger partial charge in [0.15, 0.2) is 0 Å². The van der Waals surface area contributed by atoms with Gasteiger partial charge in [-0.25, -0.2) is 10.5 Å². The molecular formula is C25H30N4O2. The summed E-state index contributed by atoms with van der Waals surface area (Å²) in [6, 6.07) is 16.7. The van der Waals surface area contributed by atoms with Crippen LogP contribution in [0.1, 0.15) is 38.3 Å². The fourth-order valence-electron chi connectivity index (χ4n) is 4.53. The summed E-state index contributed by atoms with van der Waals surface area (Å²) in [5.41, 5.74) is 5.68. The Balaban J connectivity index is 1.74. The molecule has 0 saturated carbocycles. The van der Waals surface area contributed by atoms with Gasteiger partial charge in [0, 0.05) is 30.8 Å². The molecule has 1 saturated heterocycles. The highest BCUT2D eigenvalue weighted by Gasteiger charge is 2.26. The molecule has 31 heavy (non-hydrogen) atoms. The number of likely N-dealkylation sites (tertiary alicyclic amines) is 1. The molecule has 4 rings (SSSR count). The number of para-hydroxylation sites is 2. The van der Waals surface area contributed by atoms with Crippen molar-refractivity contribution in [2.24, 2.45) is 5.92 Å². The molecule has 1 atom stereocenters. The van der Waals surface area contributed by atoms with Crippen LogP contribution in [0.5, 0.6) is 0 Å². The van der Waals surface area contributed by atoms with E-state index in [2.05, 4.69) is 47.6 Å². The number of hydroxylamine groups is 1. The average molecular weight is 419 g/mol. The molecule has 0 bridgehead atoms. The van der Waals surface area contributed by atoms with E-state index in [1.165, 1.54) is 12.5 Å². The topological polar surface area (TPSA) is 70.4 Å². The van der Waals surface area contributed by atoms with E-state index >= 15 is 0 Å². The summed E-state index contributed by atoms with van der Waals surface area (Å²) in [7, 11) is 0. The molecule has 6 heteroatoms. The highest BCUT2D eigenvalue weighted by atomic mass is 16.5. The van der Waals surface area contributed by atoms with E-state index in [1.54, 1.807) is 11.6 Å². The van der Waals surface area contributed by atoms with Crippen LogP contribution < -0.4 is 5.48 Å². The van der Waals surface area contributed by atoms with Gasteiger partial charge in [0.05, 0.1) is 11.0 Å². The lowest BCUT2D eigenvalue weighted by molar-refractivity contribution is -0.124. The third-order valence-corrected chi connectivity index (χ3v) is 5.75. The van der Waals surface area contributed by atoms with Crippen molar-refractivity contribution in [1.29, 1.82) is 0 Å². The van der Waals surface area contributed by atoms with Gasteiger partial charge >= 0.3 is 0 Å². The second kappa shape index (κ2) is 9.45. The highest BCUT2D eigenvalue weighted by Crippen LogP contribution is 2.33. The number of hydrogen-bond donors (Lipinski definition) is 2. The van der Waals surface area contributed by atoms with Gasteiger partial charge in [-0.05, 0) is 55.1 Å². The second-order valence-electron chi connectivity index (χ2n) is 8.68. The van der Waals surface area contributed by atoms with Crippen LogP contribution in [0, 0.1) is 5.92 Å². The lowest BCUT2D eigenvalue weighted by atomic mass is 10.0. The molecule has 2 heterocycles. The van der Waals surface area contributed by atoms with Crippen LogP contribution in [0.15, 0.2) is 54.6 Å². The van der Waals surface area contributed by atoms with Crippen molar-refractivity contribution in [2.75, 3.05) is 19.6 Å². The van der Waals surface area contributed by atoms with Crippen LogP contribution in [-0.2, 0) is 4.79 Å². The van der Waals surface area contributed by atoms with E-state index in [0.717, 1.165) is 54.0 Å². The predicted molar refractivity (Wildman–Crippen MR) is 124 cm³/mol. The molecule has 0 radical (unpaired) electrons. The number of aromatic nitrogens is 2. The summed E-state index contributed by atoms with van der Waals surface area (Å²) in [5.74, 6) is 1.06. The van der Waals surface area contributed by atoms with Crippen LogP contribution in [-0.4, -0.2) is 45.2 Å². The number of carbonyl (C=O) groups is 1. The van der Waals surface area contributed by atoms with Crippen molar-refractivity contribution < 1.29 is 10.0 Å². The second-order valence-corrected chi connectivity index (χ2v) is 8.68. The summed E-state index contributed by atoms with van der Waals surface area (Å²) in [5, 5.41) is 8.71. The molecule has 2 aromatic carbocycles. The van der Waals surface area contributed by atoms with Gasteiger partial charge < -0.3 is 9.47 Å². The first-order chi connectivity index (χ1) is 15.0. The molecule has 2 N–H and O–H groups in total. The number of imidazole rings is 1. The number of benzene rings is 2. The molecular weight excluding hydrogens is 388 g/mol. The number of nitrogens with zero attached hydrogens (tertiary/aromatic N) is 3. The van der Waals surface area contributed by atoms with E-state index in [9.17, 15) is 4.79 Å². The summed E-state index contributed by atoms with van der Waals surface area (Å²) in [6.07, 6.45) is 5.32. The molecule has 6 nitrogen and oxygen atoms in total. The normalized spacial score (nSPS) is 17.6. The van der Waals surface area contributed by atoms with Gasteiger partial charge in [-0.3, -0.25) is 10.0 Å². The Labute approximate surface area is 183 Å². The van der Waals surface area contributed by atoms with E-state index < -0.39 is 5.91 Å². The summed E-state index contributed by atoms with van der Waals surface area (Å²) < 4.78 is 2.41. The summed E-state index contributed by atoms with van der Waals surface area (Å²) in [6.45, 7) is 7.85. The van der Waals surface area contributed by atoms with Gasteiger partial charge in [0.2, 0.25) is 0 Å². The number of piperidine rings is 1. The number of hydrogen-bond acceptors (Lipinski definition) is 4. The predicted octanol–water partition coefficient (Wildman–Crippen LogP) is 4.51. The third-order valence-electron chi connectivity index (χ3n) is 5.75. The van der Waals surface area contributed by atoms with Crippen molar-refractivity contribution in [3.8, 4) is 11.4 Å². The Bertz CT molecular complexity index is 1090. The lowest BCUT2D eigenvalue weighted by Crippen LogP contribution is -2.38. The Morgan fingerprint density at radius 1 is 1.26 bits per heavy atom. The zero-order chi connectivity index (χ0) is 21.8. The van der Waals surface area contributed by atoms with E-state index in [4.69, 9.17) is 10.2 Å². The quantitative estimate of drug-likeness (QED) is 0.351. The van der Waals surface area contributed by atoms with E-state index in [0.29, 0.717) is 12.0 Å². The highest BCUT2D eigenvalue weighted by molar-refractivity contribution is 5.91. The van der Waals surface area contributed by atoms with E-state index in [-0.39, 0.29) is 0 Å². The van der Waals surface area contributed by atoms with Gasteiger partial charge in [-0.15, -0.1) is 0 Å². The first kappa shape index (κ1) is 21.3. The first-order valence-corrected chi connectivity index (χ1v) is 11.0. The fourth-order valence-corrected chi connectivity index (χ4v) is 4.53. The van der Waals surface area contributed by atoms with Gasteiger partial charge in [-0.2, -0.15) is 0 Å². The van der Waals surface area contributed by atoms with E-state index in [1.807, 2.05) is 24.3 Å². The van der Waals surface area contributed by atoms with Crippen molar-refractivity contribution >= 4 is 23.0 Å². The SMILES string of the molecule is CC(C)CN1CCCC(n2c(-c3cccc(/C=C/C(=O)NO)c3)nc3ccccc32)C1. The summed E-state index contributed by atoms with van der Waals surface area (Å²) >= 11 is 0. The summed E-state index contributed by atoms with van der Waals surface area (Å²) in [4.78, 5) is 18.9. The van der Waals surface area contributed by atoms with Crippen LogP contribution in [0.25, 0.3) is 28.5 Å². The molecule has 1 amide bonds. The van der Waals surface area contributed by atoms with Crippen LogP contribution in [0.3, 0.4) is 0 Å². The molecule has 162 valence electrons. The van der Waals surface area contributed by atoms with Crippen molar-refractivity contribution in [1.82, 2.24) is 19.9 Å². The van der Waals surface area contributed by atoms with Crippen molar-refractivity contribution in [2.45, 2.75) is 32.7 Å². The number of rotatable bonds is 6. The Morgan fingerprint density at radius 2 is 2.10 bits per heavy atom. The Kier molecular flexibility index (Phi) is 6.49. The standard InChI is InChI=1S/C25H30N4O2/c1-18(2)16-28-14-6-9-21(17-28)29-23-11-4-3-10-22(23)26-25(29)20-8-5-7-19(15-20)12-13-24(30)27-31/h3-5,7-8,10-13,15,18,21,31H,6,9,14,16-17H2,1-2H3,(H,27,30)/b13-12+. The molecule has 0 spiro atoms. The van der Waals surface area contributed by atoms with Gasteiger partial charge in [0.1, 0.15) is 5.82 Å². The number of nitrogens with one attached hydrogen (secondary N) is 1. The third kappa shape index (κ3) is 4.86. The molecule has 0 aliphatic carbocycles. The first-order valence-electron chi connectivity index (χ1n) is 11.0. The molecule has 1 fully saturated rings. The number of amides is 1. The minimum absolute atomic E-state index is 0.370. The molecule has 1 aliphatic rings. The molecule has 3 aromatic rings. The minimum Gasteiger partial charge on any atom is -0.320 e. The van der Waals surface area contributed by atoms with Crippen LogP contribution >= 0.6 is 0 Å². The van der Waals surface area contributed by atoms with Crippen molar-refractivity contribution in [3.63, 3.8) is 0 Å².